The van der Waals surface area contributed by atoms with Crippen LogP contribution in [-0.4, -0.2) is 36.7 Å². The maximum atomic E-state index is 13.5. The minimum atomic E-state index is -0.353. The molecule has 0 aliphatic rings. The van der Waals surface area contributed by atoms with Crippen LogP contribution >= 0.6 is 0 Å². The minimum Gasteiger partial charge on any atom is -0.496 e. The topological polar surface area (TPSA) is 88.1 Å². The van der Waals surface area contributed by atoms with Crippen LogP contribution in [0.3, 0.4) is 0 Å². The van der Waals surface area contributed by atoms with Gasteiger partial charge in [-0.25, -0.2) is 4.98 Å². The summed E-state index contributed by atoms with van der Waals surface area (Å²) in [5, 5.41) is 5.67. The van der Waals surface area contributed by atoms with Crippen molar-refractivity contribution < 1.29 is 18.6 Å². The van der Waals surface area contributed by atoms with Crippen LogP contribution in [0.15, 0.2) is 81.0 Å². The molecule has 0 aliphatic carbocycles. The zero-order valence-corrected chi connectivity index (χ0v) is 19.6. The van der Waals surface area contributed by atoms with Crippen molar-refractivity contribution in [2.45, 2.75) is 0 Å². The van der Waals surface area contributed by atoms with Crippen LogP contribution in [-0.2, 0) is 0 Å². The van der Waals surface area contributed by atoms with Crippen LogP contribution in [0.25, 0.3) is 33.5 Å². The Labute approximate surface area is 206 Å². The van der Waals surface area contributed by atoms with Crippen molar-refractivity contribution in [2.24, 2.45) is 5.10 Å². The largest absolute Gasteiger partial charge is 0.496 e. The number of hydrogen-bond acceptors (Lipinski definition) is 7. The molecule has 0 atom stereocenters. The SMILES string of the molecule is C#CCOc1c(C=Nn2c(-c3cc4c(OC)cccc4o3)nc3ccccc3c2=O)cccc1OC. The predicted octanol–water partition coefficient (Wildman–Crippen LogP) is 4.72. The van der Waals surface area contributed by atoms with Gasteiger partial charge in [0.25, 0.3) is 5.56 Å². The first-order chi connectivity index (χ1) is 17.6. The maximum Gasteiger partial charge on any atom is 0.282 e. The highest BCUT2D eigenvalue weighted by molar-refractivity contribution is 5.89. The molecule has 2 aromatic heterocycles. The molecule has 0 saturated heterocycles. The highest BCUT2D eigenvalue weighted by atomic mass is 16.5. The number of para-hydroxylation sites is 2. The first kappa shape index (κ1) is 22.7. The van der Waals surface area contributed by atoms with Crippen molar-refractivity contribution in [2.75, 3.05) is 20.8 Å². The van der Waals surface area contributed by atoms with Gasteiger partial charge in [0.15, 0.2) is 17.3 Å². The summed E-state index contributed by atoms with van der Waals surface area (Å²) in [6, 6.07) is 19.6. The van der Waals surface area contributed by atoms with Gasteiger partial charge in [-0.2, -0.15) is 9.78 Å². The molecule has 2 heterocycles. The zero-order valence-electron chi connectivity index (χ0n) is 19.6. The lowest BCUT2D eigenvalue weighted by Crippen LogP contribution is -2.20. The molecule has 0 N–H and O–H groups in total. The van der Waals surface area contributed by atoms with Gasteiger partial charge in [-0.15, -0.1) is 6.42 Å². The molecule has 5 aromatic rings. The van der Waals surface area contributed by atoms with Crippen LogP contribution in [0.2, 0.25) is 0 Å². The Kier molecular flexibility index (Phi) is 6.12. The van der Waals surface area contributed by atoms with Crippen LogP contribution < -0.4 is 19.8 Å². The zero-order chi connectivity index (χ0) is 25.1. The fourth-order valence-electron chi connectivity index (χ4n) is 3.90. The van der Waals surface area contributed by atoms with E-state index in [1.54, 1.807) is 49.6 Å². The molecule has 0 fully saturated rings. The highest BCUT2D eigenvalue weighted by Gasteiger charge is 2.18. The normalized spacial score (nSPS) is 11.1. The monoisotopic (exact) mass is 479 g/mol. The number of methoxy groups -OCH3 is 2. The Hall–Kier alpha value is -5.03. The molecular weight excluding hydrogens is 458 g/mol. The number of hydrogen-bond donors (Lipinski definition) is 0. The van der Waals surface area contributed by atoms with E-state index in [4.69, 9.17) is 30.0 Å². The molecule has 36 heavy (non-hydrogen) atoms. The summed E-state index contributed by atoms with van der Waals surface area (Å²) in [6.45, 7) is 0.0464. The van der Waals surface area contributed by atoms with E-state index in [0.717, 1.165) is 5.39 Å². The molecule has 0 spiro atoms. The molecule has 8 nitrogen and oxygen atoms in total. The van der Waals surface area contributed by atoms with Gasteiger partial charge < -0.3 is 18.6 Å². The molecule has 178 valence electrons. The van der Waals surface area contributed by atoms with E-state index in [1.807, 2.05) is 24.3 Å². The second-order valence-corrected chi connectivity index (χ2v) is 7.67. The number of nitrogens with zero attached hydrogens (tertiary/aromatic N) is 3. The first-order valence-corrected chi connectivity index (χ1v) is 11.0. The number of terminal acetylenes is 1. The molecule has 0 amide bonds. The van der Waals surface area contributed by atoms with E-state index < -0.39 is 0 Å². The van der Waals surface area contributed by atoms with E-state index in [2.05, 4.69) is 11.0 Å². The van der Waals surface area contributed by atoms with Crippen LogP contribution in [0.4, 0.5) is 0 Å². The Morgan fingerprint density at radius 3 is 2.61 bits per heavy atom. The van der Waals surface area contributed by atoms with E-state index in [1.165, 1.54) is 18.0 Å². The summed E-state index contributed by atoms with van der Waals surface area (Å²) >= 11 is 0. The smallest absolute Gasteiger partial charge is 0.282 e. The Morgan fingerprint density at radius 1 is 1.03 bits per heavy atom. The number of fused-ring (bicyclic) bond motifs is 2. The summed E-state index contributed by atoms with van der Waals surface area (Å²) in [6.07, 6.45) is 6.87. The lowest BCUT2D eigenvalue weighted by molar-refractivity contribution is 0.330. The Bertz CT molecular complexity index is 1710. The van der Waals surface area contributed by atoms with Crippen molar-refractivity contribution in [1.29, 1.82) is 0 Å². The van der Waals surface area contributed by atoms with Gasteiger partial charge >= 0.3 is 0 Å². The third-order valence-electron chi connectivity index (χ3n) is 5.56. The third-order valence-corrected chi connectivity index (χ3v) is 5.56. The van der Waals surface area contributed by atoms with Crippen molar-refractivity contribution in [3.63, 3.8) is 0 Å². The lowest BCUT2D eigenvalue weighted by atomic mass is 10.2. The lowest BCUT2D eigenvalue weighted by Gasteiger charge is -2.11. The van der Waals surface area contributed by atoms with E-state index in [9.17, 15) is 4.79 Å². The Balaban J connectivity index is 1.71. The molecule has 0 aliphatic heterocycles. The van der Waals surface area contributed by atoms with Crippen molar-refractivity contribution >= 4 is 28.1 Å². The van der Waals surface area contributed by atoms with Crippen molar-refractivity contribution in [3.8, 4) is 41.2 Å². The van der Waals surface area contributed by atoms with Crippen LogP contribution in [0.1, 0.15) is 5.56 Å². The van der Waals surface area contributed by atoms with Gasteiger partial charge in [-0.1, -0.05) is 30.2 Å². The number of furan rings is 1. The summed E-state index contributed by atoms with van der Waals surface area (Å²) in [5.74, 6) is 4.59. The van der Waals surface area contributed by atoms with Crippen molar-refractivity contribution in [3.05, 3.63) is 82.6 Å². The average Bonchev–Trinajstić information content (AvgIpc) is 3.36. The standard InChI is InChI=1S/C28H21N3O5/c1-4-15-35-26-18(9-7-14-24(26)34-3)17-29-31-27(30-21-11-6-5-10-19(21)28(31)32)25-16-20-22(33-2)12-8-13-23(20)36-25/h1,5-14,16-17H,15H2,2-3H3. The van der Waals surface area contributed by atoms with Gasteiger partial charge in [-0.3, -0.25) is 4.79 Å². The van der Waals surface area contributed by atoms with Gasteiger partial charge in [0.1, 0.15) is 17.9 Å². The predicted molar refractivity (Wildman–Crippen MR) is 138 cm³/mol. The van der Waals surface area contributed by atoms with E-state index in [-0.39, 0.29) is 18.0 Å². The molecule has 0 unspecified atom stereocenters. The van der Waals surface area contributed by atoms with E-state index in [0.29, 0.717) is 45.1 Å². The third kappa shape index (κ3) is 4.03. The summed E-state index contributed by atoms with van der Waals surface area (Å²) < 4.78 is 23.8. The molecule has 8 heteroatoms. The van der Waals surface area contributed by atoms with Gasteiger partial charge in [0.2, 0.25) is 5.82 Å². The minimum absolute atomic E-state index is 0.0464. The fraction of sp³-hybridized carbons (Fsp3) is 0.107. The molecule has 0 radical (unpaired) electrons. The quantitative estimate of drug-likeness (QED) is 0.248. The Morgan fingerprint density at radius 2 is 1.81 bits per heavy atom. The number of aromatic nitrogens is 2. The number of benzene rings is 3. The number of rotatable bonds is 7. The van der Waals surface area contributed by atoms with Crippen LogP contribution in [0.5, 0.6) is 17.2 Å². The molecular formula is C28H21N3O5. The maximum absolute atomic E-state index is 13.5. The van der Waals surface area contributed by atoms with Gasteiger partial charge in [-0.05, 0) is 42.5 Å². The summed E-state index contributed by atoms with van der Waals surface area (Å²) in [5.41, 5.74) is 1.34. The second-order valence-electron chi connectivity index (χ2n) is 7.67. The van der Waals surface area contributed by atoms with Crippen molar-refractivity contribution in [1.82, 2.24) is 9.66 Å². The number of ether oxygens (including phenoxy) is 3. The molecule has 0 bridgehead atoms. The molecule has 3 aromatic carbocycles. The first-order valence-electron chi connectivity index (χ1n) is 11.0. The molecule has 0 saturated carbocycles. The van der Waals surface area contributed by atoms with Crippen LogP contribution in [0, 0.1) is 12.3 Å². The van der Waals surface area contributed by atoms with Gasteiger partial charge in [0.05, 0.1) is 36.7 Å². The van der Waals surface area contributed by atoms with E-state index >= 15 is 0 Å². The second kappa shape index (κ2) is 9.68. The average molecular weight is 479 g/mol. The summed E-state index contributed by atoms with van der Waals surface area (Å²) in [4.78, 5) is 18.2. The highest BCUT2D eigenvalue weighted by Crippen LogP contribution is 2.33. The van der Waals surface area contributed by atoms with Gasteiger partial charge in [0, 0.05) is 5.56 Å². The molecule has 5 rings (SSSR count). The fourth-order valence-corrected chi connectivity index (χ4v) is 3.90. The summed E-state index contributed by atoms with van der Waals surface area (Å²) in [7, 11) is 3.12.